The molecule has 7 nitrogen and oxygen atoms in total. The van der Waals surface area contributed by atoms with E-state index in [-0.39, 0.29) is 27.2 Å². The fourth-order valence-corrected chi connectivity index (χ4v) is 4.77. The number of ether oxygens (including phenoxy) is 1. The van der Waals surface area contributed by atoms with Gasteiger partial charge in [0.15, 0.2) is 0 Å². The lowest BCUT2D eigenvalue weighted by Crippen LogP contribution is -2.63. The number of fused-ring (bicyclic) bond motifs is 1. The molecule has 2 N–H and O–H groups in total. The third kappa shape index (κ3) is 4.17. The summed E-state index contributed by atoms with van der Waals surface area (Å²) in [6.07, 6.45) is -6.32. The summed E-state index contributed by atoms with van der Waals surface area (Å²) in [5.41, 5.74) is 1.52. The number of nitrogens with two attached hydrogens (primary N) is 1. The van der Waals surface area contributed by atoms with Gasteiger partial charge in [-0.05, 0) is 35.4 Å². The molecule has 1 aliphatic heterocycles. The van der Waals surface area contributed by atoms with Crippen molar-refractivity contribution in [2.75, 3.05) is 0 Å². The van der Waals surface area contributed by atoms with Gasteiger partial charge >= 0.3 is 6.61 Å². The fourth-order valence-electron chi connectivity index (χ4n) is 4.77. The minimum absolute atomic E-state index is 0.0709. The Morgan fingerprint density at radius 3 is 2.34 bits per heavy atom. The number of carbonyl (C=O) groups excluding carboxylic acids is 2. The van der Waals surface area contributed by atoms with Crippen LogP contribution < -0.4 is 10.5 Å². The summed E-state index contributed by atoms with van der Waals surface area (Å²) < 4.78 is 87.3. The highest BCUT2D eigenvalue weighted by Crippen LogP contribution is 2.53. The van der Waals surface area contributed by atoms with E-state index in [0.29, 0.717) is 0 Å². The largest absolute Gasteiger partial charge is 0.417 e. The monoisotopic (exact) mass is 534 g/mol. The second kappa shape index (κ2) is 10.0. The Morgan fingerprint density at radius 1 is 1.08 bits per heavy atom. The minimum Gasteiger partial charge on any atom is -0.417 e. The maximum Gasteiger partial charge on any atom is 0.388 e. The number of primary amides is 1. The number of nitrogens with zero attached hydrogens (tertiary/aromatic N) is 3. The second-order valence-electron chi connectivity index (χ2n) is 8.14. The summed E-state index contributed by atoms with van der Waals surface area (Å²) in [6.45, 7) is -3.27. The van der Waals surface area contributed by atoms with Crippen LogP contribution in [0.2, 0.25) is 0 Å². The Kier molecular flexibility index (Phi) is 6.99. The highest BCUT2D eigenvalue weighted by atomic mass is 19.3. The molecular formula is C25H16F6N4O3. The maximum absolute atomic E-state index is 15.5. The molecule has 4 rings (SSSR count). The number of carbonyl (C=O) groups is 2. The number of halogens is 6. The van der Waals surface area contributed by atoms with E-state index in [1.165, 1.54) is 24.3 Å². The molecule has 0 aliphatic carbocycles. The molecule has 3 aromatic rings. The molecule has 3 unspecified atom stereocenters. The van der Waals surface area contributed by atoms with Crippen LogP contribution >= 0.6 is 0 Å². The van der Waals surface area contributed by atoms with E-state index in [0.717, 1.165) is 36.5 Å². The van der Waals surface area contributed by atoms with Crippen molar-refractivity contribution in [1.82, 2.24) is 9.88 Å². The van der Waals surface area contributed by atoms with Crippen LogP contribution in [0.25, 0.3) is 0 Å². The number of aromatic nitrogens is 1. The molecular weight excluding hydrogens is 518 g/mol. The first-order valence-electron chi connectivity index (χ1n) is 10.8. The summed E-state index contributed by atoms with van der Waals surface area (Å²) in [5, 5.41) is 9.41. The maximum atomic E-state index is 15.5. The van der Waals surface area contributed by atoms with Gasteiger partial charge in [-0.25, -0.2) is 22.5 Å². The smallest absolute Gasteiger partial charge is 0.388 e. The summed E-state index contributed by atoms with van der Waals surface area (Å²) in [6, 6.07) is 11.3. The highest BCUT2D eigenvalue weighted by molar-refractivity contribution is 6.02. The molecule has 0 bridgehead atoms. The normalized spacial score (nSPS) is 19.7. The molecule has 2 heterocycles. The van der Waals surface area contributed by atoms with E-state index >= 15 is 4.39 Å². The first kappa shape index (κ1) is 26.5. The third-order valence-corrected chi connectivity index (χ3v) is 6.17. The molecule has 2 amide bonds. The molecule has 1 aromatic heterocycles. The molecule has 0 fully saturated rings. The lowest BCUT2D eigenvalue weighted by atomic mass is 9.65. The number of alkyl halides is 5. The first-order valence-corrected chi connectivity index (χ1v) is 10.8. The lowest BCUT2D eigenvalue weighted by molar-refractivity contribution is -0.127. The zero-order chi connectivity index (χ0) is 27.8. The van der Waals surface area contributed by atoms with Crippen LogP contribution in [0, 0.1) is 17.1 Å². The quantitative estimate of drug-likeness (QED) is 0.361. The zero-order valence-electron chi connectivity index (χ0n) is 19.0. The van der Waals surface area contributed by atoms with Gasteiger partial charge in [0, 0.05) is 23.4 Å². The lowest BCUT2D eigenvalue weighted by Gasteiger charge is -2.52. The van der Waals surface area contributed by atoms with Crippen molar-refractivity contribution in [3.63, 3.8) is 0 Å². The van der Waals surface area contributed by atoms with Crippen LogP contribution in [0.1, 0.15) is 38.5 Å². The average molecular weight is 534 g/mol. The van der Waals surface area contributed by atoms with Crippen molar-refractivity contribution < 1.29 is 40.7 Å². The van der Waals surface area contributed by atoms with E-state index in [1.807, 2.05) is 0 Å². The Hall–Kier alpha value is -4.60. The number of pyridine rings is 1. The Labute approximate surface area is 211 Å². The summed E-state index contributed by atoms with van der Waals surface area (Å²) >= 11 is 0. The van der Waals surface area contributed by atoms with Crippen LogP contribution in [0.4, 0.5) is 26.3 Å². The van der Waals surface area contributed by atoms with Crippen LogP contribution in [-0.4, -0.2) is 41.0 Å². The van der Waals surface area contributed by atoms with Crippen molar-refractivity contribution in [2.45, 2.75) is 30.8 Å². The molecule has 38 heavy (non-hydrogen) atoms. The molecule has 0 radical (unpaired) electrons. The van der Waals surface area contributed by atoms with Gasteiger partial charge in [0.1, 0.15) is 17.4 Å². The van der Waals surface area contributed by atoms with Crippen molar-refractivity contribution in [3.05, 3.63) is 94.4 Å². The van der Waals surface area contributed by atoms with Gasteiger partial charge in [-0.3, -0.25) is 14.5 Å². The summed E-state index contributed by atoms with van der Waals surface area (Å²) in [7, 11) is 0. The molecule has 0 saturated carbocycles. The van der Waals surface area contributed by atoms with E-state index in [1.54, 1.807) is 6.07 Å². The Bertz CT molecular complexity index is 1430. The number of nitriles is 1. The number of benzene rings is 2. The van der Waals surface area contributed by atoms with Crippen LogP contribution in [0.15, 0.2) is 60.8 Å². The SMILES string of the molecule is N#Cc1cc(C2(c3ccc(OC(F)F)nc3)C(C(N)=O)c3ccccc3C(=O)N2C(F)C(F)F)ccc1F. The predicted molar refractivity (Wildman–Crippen MR) is 118 cm³/mol. The number of amides is 2. The van der Waals surface area contributed by atoms with Gasteiger partial charge in [-0.15, -0.1) is 0 Å². The fraction of sp³-hybridized carbons (Fsp3) is 0.200. The predicted octanol–water partition coefficient (Wildman–Crippen LogP) is 4.22. The van der Waals surface area contributed by atoms with Gasteiger partial charge < -0.3 is 10.5 Å². The third-order valence-electron chi connectivity index (χ3n) is 6.17. The number of hydrogen-bond acceptors (Lipinski definition) is 5. The number of hydrogen-bond donors (Lipinski definition) is 1. The van der Waals surface area contributed by atoms with Crippen molar-refractivity contribution in [1.29, 1.82) is 5.26 Å². The molecule has 2 aromatic carbocycles. The standard InChI is InChI=1S/C25H16F6N4O3/c26-17-7-5-13(9-12(17)10-32)25(14-6-8-18(34-11-14)38-24(30)31)19(22(33)36)15-3-1-2-4-16(15)23(37)35(25)21(29)20(27)28/h1-9,11,19-21,24H,(H2,33,36). The van der Waals surface area contributed by atoms with Gasteiger partial charge in [0.25, 0.3) is 12.3 Å². The van der Waals surface area contributed by atoms with Gasteiger partial charge in [-0.2, -0.15) is 14.0 Å². The molecule has 3 atom stereocenters. The van der Waals surface area contributed by atoms with Gasteiger partial charge in [0.2, 0.25) is 18.1 Å². The summed E-state index contributed by atoms with van der Waals surface area (Å²) in [5.74, 6) is -5.91. The van der Waals surface area contributed by atoms with E-state index in [9.17, 15) is 36.8 Å². The van der Waals surface area contributed by atoms with Crippen LogP contribution in [0.3, 0.4) is 0 Å². The molecule has 13 heteroatoms. The highest BCUT2D eigenvalue weighted by Gasteiger charge is 2.60. The second-order valence-corrected chi connectivity index (χ2v) is 8.14. The van der Waals surface area contributed by atoms with Gasteiger partial charge in [0.05, 0.1) is 11.5 Å². The molecule has 196 valence electrons. The molecule has 0 saturated heterocycles. The van der Waals surface area contributed by atoms with Crippen LogP contribution in [-0.2, 0) is 10.3 Å². The first-order chi connectivity index (χ1) is 18.0. The van der Waals surface area contributed by atoms with E-state index in [4.69, 9.17) is 5.73 Å². The number of rotatable bonds is 7. The van der Waals surface area contributed by atoms with Crippen molar-refractivity contribution >= 4 is 11.8 Å². The van der Waals surface area contributed by atoms with E-state index < -0.39 is 59.9 Å². The summed E-state index contributed by atoms with van der Waals surface area (Å²) in [4.78, 5) is 30.5. The van der Waals surface area contributed by atoms with Gasteiger partial charge in [-0.1, -0.05) is 24.3 Å². The van der Waals surface area contributed by atoms with Crippen molar-refractivity contribution in [3.8, 4) is 11.9 Å². The van der Waals surface area contributed by atoms with Crippen LogP contribution in [0.5, 0.6) is 5.88 Å². The zero-order valence-corrected chi connectivity index (χ0v) is 19.0. The van der Waals surface area contributed by atoms with E-state index in [2.05, 4.69) is 9.72 Å². The minimum atomic E-state index is -3.79. The average Bonchev–Trinajstić information content (AvgIpc) is 2.88. The topological polar surface area (TPSA) is 109 Å². The molecule has 1 aliphatic rings. The van der Waals surface area contributed by atoms with Crippen molar-refractivity contribution in [2.24, 2.45) is 5.73 Å². The Morgan fingerprint density at radius 2 is 1.76 bits per heavy atom. The molecule has 0 spiro atoms. The Balaban J connectivity index is 2.17.